The van der Waals surface area contributed by atoms with E-state index in [0.717, 1.165) is 16.7 Å². The highest BCUT2D eigenvalue weighted by Crippen LogP contribution is 2.36. The van der Waals surface area contributed by atoms with Crippen LogP contribution in [-0.4, -0.2) is 47.9 Å². The van der Waals surface area contributed by atoms with Gasteiger partial charge in [-0.15, -0.1) is 0 Å². The van der Waals surface area contributed by atoms with Gasteiger partial charge in [0.25, 0.3) is 11.1 Å². The van der Waals surface area contributed by atoms with Crippen molar-refractivity contribution in [2.24, 2.45) is 0 Å². The maximum Gasteiger partial charge on any atom is 0.329 e. The molecule has 0 spiro atoms. The first-order chi connectivity index (χ1) is 12.0. The molecule has 1 unspecified atom stereocenters. The van der Waals surface area contributed by atoms with Gasteiger partial charge < -0.3 is 14.2 Å². The summed E-state index contributed by atoms with van der Waals surface area (Å²) in [5, 5.41) is -0.491. The third kappa shape index (κ3) is 3.48. The molecule has 25 heavy (non-hydrogen) atoms. The van der Waals surface area contributed by atoms with E-state index >= 15 is 0 Å². The molecule has 1 aromatic carbocycles. The molecule has 0 N–H and O–H groups in total. The second-order valence-corrected chi connectivity index (χ2v) is 6.38. The Morgan fingerprint density at radius 2 is 2.04 bits per heavy atom. The van der Waals surface area contributed by atoms with Gasteiger partial charge in [-0.2, -0.15) is 0 Å². The lowest BCUT2D eigenvalue weighted by Crippen LogP contribution is -2.42. The molecule has 0 aromatic heterocycles. The first-order valence-electron chi connectivity index (χ1n) is 7.84. The molecule has 7 nitrogen and oxygen atoms in total. The average Bonchev–Trinajstić information content (AvgIpc) is 2.88. The molecule has 1 fully saturated rings. The van der Waals surface area contributed by atoms with E-state index in [4.69, 9.17) is 14.2 Å². The molecule has 0 aliphatic carbocycles. The Balaban J connectivity index is 1.82. The molecule has 1 atom stereocenters. The summed E-state index contributed by atoms with van der Waals surface area (Å²) >= 11 is 0.797. The molecule has 2 amide bonds. The quantitative estimate of drug-likeness (QED) is 0.600. The zero-order valence-corrected chi connectivity index (χ0v) is 14.6. The number of hydrogen-bond acceptors (Lipinski definition) is 7. The van der Waals surface area contributed by atoms with Gasteiger partial charge in [-0.05, 0) is 49.4 Å². The standard InChI is InChI=1S/C17H17NO6S/c1-3-22-16(20)10(2)18-15(19)14(25-17(18)21)9-11-4-5-12-13(8-11)24-7-6-23-12/h4-5,8-10H,3,6-7H2,1-2H3/b14-9+. The van der Waals surface area contributed by atoms with Crippen molar-refractivity contribution in [1.82, 2.24) is 4.90 Å². The number of amides is 2. The van der Waals surface area contributed by atoms with E-state index < -0.39 is 23.2 Å². The van der Waals surface area contributed by atoms with E-state index in [-0.39, 0.29) is 11.5 Å². The maximum atomic E-state index is 12.5. The number of imide groups is 1. The van der Waals surface area contributed by atoms with Gasteiger partial charge in [-0.3, -0.25) is 14.5 Å². The highest BCUT2D eigenvalue weighted by Gasteiger charge is 2.41. The minimum Gasteiger partial charge on any atom is -0.486 e. The van der Waals surface area contributed by atoms with Crippen molar-refractivity contribution in [2.45, 2.75) is 19.9 Å². The summed E-state index contributed by atoms with van der Waals surface area (Å²) in [6.07, 6.45) is 1.60. The van der Waals surface area contributed by atoms with Gasteiger partial charge in [0.05, 0.1) is 11.5 Å². The monoisotopic (exact) mass is 363 g/mol. The Bertz CT molecular complexity index is 760. The topological polar surface area (TPSA) is 82.1 Å². The molecular formula is C17H17NO6S. The van der Waals surface area contributed by atoms with Crippen LogP contribution in [-0.2, 0) is 14.3 Å². The highest BCUT2D eigenvalue weighted by molar-refractivity contribution is 8.18. The van der Waals surface area contributed by atoms with Crippen LogP contribution in [0.25, 0.3) is 6.08 Å². The van der Waals surface area contributed by atoms with Crippen LogP contribution in [0.1, 0.15) is 19.4 Å². The molecule has 0 saturated carbocycles. The zero-order chi connectivity index (χ0) is 18.0. The number of esters is 1. The van der Waals surface area contributed by atoms with E-state index in [2.05, 4.69) is 0 Å². The second-order valence-electron chi connectivity index (χ2n) is 5.38. The summed E-state index contributed by atoms with van der Waals surface area (Å²) in [4.78, 5) is 37.6. The number of benzene rings is 1. The number of rotatable bonds is 4. The fourth-order valence-corrected chi connectivity index (χ4v) is 3.39. The van der Waals surface area contributed by atoms with Gasteiger partial charge in [0, 0.05) is 0 Å². The molecule has 1 aromatic rings. The number of ether oxygens (including phenoxy) is 3. The van der Waals surface area contributed by atoms with Crippen LogP contribution in [0.3, 0.4) is 0 Å². The number of fused-ring (bicyclic) bond motifs is 1. The van der Waals surface area contributed by atoms with Gasteiger partial charge in [0.1, 0.15) is 19.3 Å². The van der Waals surface area contributed by atoms with Crippen molar-refractivity contribution >= 4 is 35.0 Å². The highest BCUT2D eigenvalue weighted by atomic mass is 32.2. The first kappa shape index (κ1) is 17.3. The predicted octanol–water partition coefficient (Wildman–Crippen LogP) is 2.45. The lowest BCUT2D eigenvalue weighted by atomic mass is 10.1. The summed E-state index contributed by atoms with van der Waals surface area (Å²) in [7, 11) is 0. The summed E-state index contributed by atoms with van der Waals surface area (Å²) < 4.78 is 15.8. The molecule has 2 aliphatic heterocycles. The van der Waals surface area contributed by atoms with Crippen LogP contribution in [0.2, 0.25) is 0 Å². The summed E-state index contributed by atoms with van der Waals surface area (Å²) in [5.74, 6) is 0.127. The van der Waals surface area contributed by atoms with Crippen LogP contribution in [0.5, 0.6) is 11.5 Å². The van der Waals surface area contributed by atoms with Crippen molar-refractivity contribution < 1.29 is 28.6 Å². The van der Waals surface area contributed by atoms with Gasteiger partial charge >= 0.3 is 5.97 Å². The van der Waals surface area contributed by atoms with E-state index in [0.29, 0.717) is 30.3 Å². The van der Waals surface area contributed by atoms with E-state index in [1.165, 1.54) is 6.92 Å². The third-order valence-corrected chi connectivity index (χ3v) is 4.59. The van der Waals surface area contributed by atoms with Gasteiger partial charge in [-0.25, -0.2) is 4.79 Å². The Labute approximate surface area is 148 Å². The molecule has 8 heteroatoms. The predicted molar refractivity (Wildman–Crippen MR) is 91.3 cm³/mol. The Hall–Kier alpha value is -2.48. The Morgan fingerprint density at radius 1 is 1.32 bits per heavy atom. The molecule has 2 heterocycles. The lowest BCUT2D eigenvalue weighted by molar-refractivity contribution is -0.150. The molecule has 0 bridgehead atoms. The zero-order valence-electron chi connectivity index (χ0n) is 13.8. The average molecular weight is 363 g/mol. The van der Waals surface area contributed by atoms with E-state index in [9.17, 15) is 14.4 Å². The molecule has 2 aliphatic rings. The van der Waals surface area contributed by atoms with E-state index in [1.807, 2.05) is 0 Å². The van der Waals surface area contributed by atoms with Crippen molar-refractivity contribution in [2.75, 3.05) is 19.8 Å². The van der Waals surface area contributed by atoms with Gasteiger partial charge in [0.15, 0.2) is 11.5 Å². The smallest absolute Gasteiger partial charge is 0.329 e. The van der Waals surface area contributed by atoms with Crippen molar-refractivity contribution in [3.63, 3.8) is 0 Å². The van der Waals surface area contributed by atoms with Crippen molar-refractivity contribution in [3.05, 3.63) is 28.7 Å². The minimum absolute atomic E-state index is 0.187. The lowest BCUT2D eigenvalue weighted by Gasteiger charge is -2.19. The van der Waals surface area contributed by atoms with Crippen LogP contribution in [0, 0.1) is 0 Å². The van der Waals surface area contributed by atoms with Crippen LogP contribution >= 0.6 is 11.8 Å². The second kappa shape index (κ2) is 7.18. The number of carbonyl (C=O) groups excluding carboxylic acids is 3. The van der Waals surface area contributed by atoms with Crippen LogP contribution < -0.4 is 9.47 Å². The summed E-state index contributed by atoms with van der Waals surface area (Å²) in [6, 6.07) is 4.32. The first-order valence-corrected chi connectivity index (χ1v) is 8.66. The summed E-state index contributed by atoms with van der Waals surface area (Å²) in [5.41, 5.74) is 0.707. The Morgan fingerprint density at radius 3 is 2.76 bits per heavy atom. The normalized spacial score (nSPS) is 19.3. The molecular weight excluding hydrogens is 346 g/mol. The number of hydrogen-bond donors (Lipinski definition) is 0. The van der Waals surface area contributed by atoms with Crippen LogP contribution in [0.15, 0.2) is 23.1 Å². The maximum absolute atomic E-state index is 12.5. The number of thioether (sulfide) groups is 1. The summed E-state index contributed by atoms with van der Waals surface area (Å²) in [6.45, 7) is 4.29. The fraction of sp³-hybridized carbons (Fsp3) is 0.353. The molecule has 3 rings (SSSR count). The number of nitrogens with zero attached hydrogens (tertiary/aromatic N) is 1. The van der Waals surface area contributed by atoms with Gasteiger partial charge in [0.2, 0.25) is 0 Å². The van der Waals surface area contributed by atoms with Crippen LogP contribution in [0.4, 0.5) is 4.79 Å². The SMILES string of the molecule is CCOC(=O)C(C)N1C(=O)S/C(=C/c2ccc3c(c2)OCCO3)C1=O. The van der Waals surface area contributed by atoms with E-state index in [1.54, 1.807) is 31.2 Å². The largest absolute Gasteiger partial charge is 0.486 e. The number of carbonyl (C=O) groups is 3. The third-order valence-electron chi connectivity index (χ3n) is 3.70. The minimum atomic E-state index is -0.960. The Kier molecular flexibility index (Phi) is 4.98. The molecule has 1 saturated heterocycles. The fourth-order valence-electron chi connectivity index (χ4n) is 2.48. The molecule has 0 radical (unpaired) electrons. The molecule has 132 valence electrons. The van der Waals surface area contributed by atoms with Crippen molar-refractivity contribution in [1.29, 1.82) is 0 Å². The van der Waals surface area contributed by atoms with Gasteiger partial charge in [-0.1, -0.05) is 6.07 Å². The van der Waals surface area contributed by atoms with Crippen molar-refractivity contribution in [3.8, 4) is 11.5 Å².